The van der Waals surface area contributed by atoms with Gasteiger partial charge in [-0.1, -0.05) is 37.0 Å². The van der Waals surface area contributed by atoms with Crippen molar-refractivity contribution >= 4 is 52.6 Å². The highest BCUT2D eigenvalue weighted by atomic mass is 16.6. The van der Waals surface area contributed by atoms with Crippen molar-refractivity contribution in [3.8, 4) is 11.1 Å². The van der Waals surface area contributed by atoms with Gasteiger partial charge in [0, 0.05) is 124 Å². The monoisotopic (exact) mass is 1240 g/mol. The van der Waals surface area contributed by atoms with Gasteiger partial charge in [0.1, 0.15) is 11.9 Å². The van der Waals surface area contributed by atoms with Gasteiger partial charge in [-0.05, 0) is 125 Å². The number of rotatable bonds is 34. The predicted octanol–water partition coefficient (Wildman–Crippen LogP) is 6.09. The highest BCUT2D eigenvalue weighted by Gasteiger charge is 2.45. The van der Waals surface area contributed by atoms with Crippen molar-refractivity contribution in [2.45, 2.75) is 130 Å². The Hall–Kier alpha value is -7.90. The molecule has 9 rings (SSSR count). The molecule has 3 aromatic heterocycles. The number of anilines is 3. The highest BCUT2D eigenvalue weighted by Crippen LogP contribution is 2.35. The first-order valence-corrected chi connectivity index (χ1v) is 32.0. The number of piperazine rings is 1. The molecule has 5 aromatic rings. The third-order valence-electron chi connectivity index (χ3n) is 17.1. The van der Waals surface area contributed by atoms with Gasteiger partial charge < -0.3 is 54.0 Å². The SMILES string of the molecule is CCN(c1cc(-c2ccc(N3CCN(C(=O)CCCCCCCCc4cn(CCOCCOCCOCCOCCNc5cccc6c5C(=O)N(C5CCC(=O)NC5=O)C6=O)nn4)CC3)nc2)cc(C(=O)NCc2c(C)cc(C)[nH]c2=O)c1C)C1CCOCC1. The number of unbranched alkanes of at least 4 members (excludes halogenated alkanes) is 5. The molecule has 0 radical (unpaired) electrons. The van der Waals surface area contributed by atoms with E-state index in [9.17, 15) is 33.6 Å². The standard InChI is InChI=1S/C66H88N12O12/c1-5-77(51-21-29-86-30-22-51)57-41-49(40-53(47(57)4)62(81)69-43-54-45(2)39-46(3)70-63(54)82)48-17-19-58(68-42-48)74-24-26-75(27-25-74)60(80)16-11-9-7-6-8-10-13-50-44-76(73-72-50)28-32-88-34-36-90-38-37-89-35-33-87-31-23-67-55-15-12-14-52-61(55)66(85)78(65(52)84)56-18-20-59(79)71-64(56)83/h12,14-15,17,19,39-42,44,51,56,67H,5-11,13,16,18,20-38,43H2,1-4H3,(H,69,81)(H,70,82)(H,71,79,83). The average Bonchev–Trinajstić information content (AvgIpc) is 1.57. The van der Waals surface area contributed by atoms with Crippen LogP contribution in [0.2, 0.25) is 0 Å². The first-order valence-electron chi connectivity index (χ1n) is 32.0. The third kappa shape index (κ3) is 17.7. The Balaban J connectivity index is 0.582. The molecule has 7 heterocycles. The Morgan fingerprint density at radius 1 is 0.778 bits per heavy atom. The smallest absolute Gasteiger partial charge is 0.264 e. The van der Waals surface area contributed by atoms with Crippen LogP contribution < -0.4 is 31.3 Å². The lowest BCUT2D eigenvalue weighted by molar-refractivity contribution is -0.136. The van der Waals surface area contributed by atoms with Crippen molar-refractivity contribution in [1.29, 1.82) is 0 Å². The lowest BCUT2D eigenvalue weighted by atomic mass is 9.95. The quantitative estimate of drug-likeness (QED) is 0.0268. The number of carbonyl (C=O) groups is 6. The maximum atomic E-state index is 14.0. The van der Waals surface area contributed by atoms with E-state index in [4.69, 9.17) is 28.7 Å². The van der Waals surface area contributed by atoms with Crippen LogP contribution in [0.3, 0.4) is 0 Å². The molecule has 90 heavy (non-hydrogen) atoms. The molecular weight excluding hydrogens is 1150 g/mol. The molecule has 484 valence electrons. The lowest BCUT2D eigenvalue weighted by Gasteiger charge is -2.37. The van der Waals surface area contributed by atoms with Crippen molar-refractivity contribution < 1.29 is 52.5 Å². The van der Waals surface area contributed by atoms with E-state index >= 15 is 0 Å². The van der Waals surface area contributed by atoms with Crippen LogP contribution in [0.15, 0.2) is 65.7 Å². The summed E-state index contributed by atoms with van der Waals surface area (Å²) in [5, 5.41) is 17.0. The van der Waals surface area contributed by atoms with Crippen LogP contribution in [-0.2, 0) is 57.6 Å². The number of nitrogens with one attached hydrogen (secondary N) is 4. The van der Waals surface area contributed by atoms with E-state index in [0.29, 0.717) is 129 Å². The van der Waals surface area contributed by atoms with Gasteiger partial charge in [0.15, 0.2) is 0 Å². The summed E-state index contributed by atoms with van der Waals surface area (Å²) in [5.74, 6) is -1.36. The molecule has 0 bridgehead atoms. The van der Waals surface area contributed by atoms with E-state index < -0.39 is 29.7 Å². The maximum absolute atomic E-state index is 14.0. The van der Waals surface area contributed by atoms with E-state index in [2.05, 4.69) is 60.1 Å². The first-order chi connectivity index (χ1) is 43.8. The topological polar surface area (TPSA) is 274 Å². The van der Waals surface area contributed by atoms with Crippen molar-refractivity contribution in [3.63, 3.8) is 0 Å². The summed E-state index contributed by atoms with van der Waals surface area (Å²) in [6.07, 6.45) is 13.5. The summed E-state index contributed by atoms with van der Waals surface area (Å²) in [6.45, 7) is 17.1. The Morgan fingerprint density at radius 2 is 1.49 bits per heavy atom. The number of pyridine rings is 2. The van der Waals surface area contributed by atoms with Gasteiger partial charge in [0.05, 0.1) is 76.2 Å². The van der Waals surface area contributed by atoms with Crippen LogP contribution in [-0.4, -0.2) is 188 Å². The minimum atomic E-state index is -1.02. The second-order valence-electron chi connectivity index (χ2n) is 23.3. The number of aryl methyl sites for hydroxylation is 3. The fourth-order valence-electron chi connectivity index (χ4n) is 12.2. The highest BCUT2D eigenvalue weighted by molar-refractivity contribution is 6.25. The molecule has 0 saturated carbocycles. The maximum Gasteiger partial charge on any atom is 0.264 e. The molecule has 2 aromatic carbocycles. The molecule has 24 nitrogen and oxygen atoms in total. The van der Waals surface area contributed by atoms with E-state index in [1.807, 2.05) is 56.3 Å². The van der Waals surface area contributed by atoms with Crippen molar-refractivity contribution in [2.24, 2.45) is 0 Å². The number of H-pyrrole nitrogens is 1. The third-order valence-corrected chi connectivity index (χ3v) is 17.1. The predicted molar refractivity (Wildman–Crippen MR) is 339 cm³/mol. The zero-order chi connectivity index (χ0) is 63.4. The molecule has 4 aliphatic heterocycles. The number of ether oxygens (including phenoxy) is 5. The summed E-state index contributed by atoms with van der Waals surface area (Å²) >= 11 is 0. The van der Waals surface area contributed by atoms with Crippen LogP contribution in [0, 0.1) is 20.8 Å². The lowest BCUT2D eigenvalue weighted by Crippen LogP contribution is -2.54. The number of benzene rings is 2. The number of imide groups is 2. The summed E-state index contributed by atoms with van der Waals surface area (Å²) in [5.41, 5.74) is 8.06. The number of carbonyl (C=O) groups excluding carboxylic acids is 6. The minimum Gasteiger partial charge on any atom is -0.382 e. The Kier molecular flexibility index (Phi) is 24.6. The molecule has 6 amide bonds. The Morgan fingerprint density at radius 3 is 2.19 bits per heavy atom. The number of hydrogen-bond acceptors (Lipinski definition) is 18. The molecule has 0 spiro atoms. The second-order valence-corrected chi connectivity index (χ2v) is 23.3. The van der Waals surface area contributed by atoms with Crippen LogP contribution >= 0.6 is 0 Å². The van der Waals surface area contributed by atoms with Crippen molar-refractivity contribution in [1.82, 2.24) is 45.4 Å². The van der Waals surface area contributed by atoms with Gasteiger partial charge in [-0.25, -0.2) is 9.67 Å². The molecule has 1 unspecified atom stereocenters. The number of hydrogen-bond donors (Lipinski definition) is 4. The first kappa shape index (κ1) is 66.5. The van der Waals surface area contributed by atoms with Gasteiger partial charge in [-0.15, -0.1) is 5.10 Å². The molecule has 0 aliphatic carbocycles. The number of fused-ring (bicyclic) bond motifs is 1. The largest absolute Gasteiger partial charge is 0.382 e. The second kappa shape index (κ2) is 33.2. The number of nitrogens with zero attached hydrogens (tertiary/aromatic N) is 8. The van der Waals surface area contributed by atoms with Crippen LogP contribution in [0.1, 0.15) is 137 Å². The van der Waals surface area contributed by atoms with E-state index in [1.165, 1.54) is 0 Å². The fourth-order valence-corrected chi connectivity index (χ4v) is 12.2. The van der Waals surface area contributed by atoms with Gasteiger partial charge in [-0.2, -0.15) is 0 Å². The zero-order valence-corrected chi connectivity index (χ0v) is 52.6. The van der Waals surface area contributed by atoms with Crippen LogP contribution in [0.4, 0.5) is 17.2 Å². The van der Waals surface area contributed by atoms with Gasteiger partial charge in [0.2, 0.25) is 17.7 Å². The zero-order valence-electron chi connectivity index (χ0n) is 52.6. The summed E-state index contributed by atoms with van der Waals surface area (Å²) in [6, 6.07) is 14.3. The number of aromatic amines is 1. The Bertz CT molecular complexity index is 3320. The van der Waals surface area contributed by atoms with E-state index in [0.717, 1.165) is 114 Å². The van der Waals surface area contributed by atoms with E-state index in [1.54, 1.807) is 22.9 Å². The summed E-state index contributed by atoms with van der Waals surface area (Å²) in [4.78, 5) is 106. The molecule has 4 N–H and O–H groups in total. The molecule has 24 heteroatoms. The van der Waals surface area contributed by atoms with Crippen LogP contribution in [0.5, 0.6) is 0 Å². The van der Waals surface area contributed by atoms with Gasteiger partial charge in [0.25, 0.3) is 23.3 Å². The van der Waals surface area contributed by atoms with Gasteiger partial charge in [-0.3, -0.25) is 43.8 Å². The summed E-state index contributed by atoms with van der Waals surface area (Å²) < 4.78 is 30.1. The summed E-state index contributed by atoms with van der Waals surface area (Å²) in [7, 11) is 0. The number of aromatic nitrogens is 5. The van der Waals surface area contributed by atoms with Gasteiger partial charge >= 0.3 is 0 Å². The van der Waals surface area contributed by atoms with Crippen molar-refractivity contribution in [3.05, 3.63) is 116 Å². The minimum absolute atomic E-state index is 0.0582. The Labute approximate surface area is 526 Å². The van der Waals surface area contributed by atoms with E-state index in [-0.39, 0.29) is 53.9 Å². The molecule has 3 fully saturated rings. The normalized spacial score (nSPS) is 16.2. The molecule has 3 saturated heterocycles. The number of piperidine rings is 1. The number of amides is 6. The fraction of sp³-hybridized carbons (Fsp3) is 0.545. The van der Waals surface area contributed by atoms with Crippen LogP contribution in [0.25, 0.3) is 11.1 Å². The molecule has 4 aliphatic rings. The van der Waals surface area contributed by atoms with Crippen molar-refractivity contribution in [2.75, 3.05) is 120 Å². The molecular formula is C66H88N12O12. The average molecular weight is 1240 g/mol. The molecule has 1 atom stereocenters.